The lowest BCUT2D eigenvalue weighted by Gasteiger charge is -2.08. The molecule has 0 aliphatic carbocycles. The van der Waals surface area contributed by atoms with Gasteiger partial charge in [-0.05, 0) is 17.7 Å². The maximum atomic E-state index is 12.5. The topological polar surface area (TPSA) is 65.7 Å². The standard InChI is InChI=1S/C11H7F3N2O2/c12-11(13,14)7-3-1-2-6(4-7)8-5-9(17)16-10(18)15-8/h1-5H,(H2,15,16,17,18). The smallest absolute Gasteiger partial charge is 0.307 e. The number of H-pyrrole nitrogens is 2. The van der Waals surface area contributed by atoms with Crippen molar-refractivity contribution < 1.29 is 13.2 Å². The van der Waals surface area contributed by atoms with E-state index in [2.05, 4.69) is 4.98 Å². The van der Waals surface area contributed by atoms with Gasteiger partial charge in [-0.3, -0.25) is 9.78 Å². The van der Waals surface area contributed by atoms with Crippen molar-refractivity contribution in [3.63, 3.8) is 0 Å². The number of rotatable bonds is 1. The molecule has 0 aliphatic heterocycles. The molecule has 0 spiro atoms. The maximum Gasteiger partial charge on any atom is 0.416 e. The number of benzene rings is 1. The van der Waals surface area contributed by atoms with Gasteiger partial charge in [-0.2, -0.15) is 13.2 Å². The molecule has 0 bridgehead atoms. The van der Waals surface area contributed by atoms with Crippen LogP contribution in [0.4, 0.5) is 13.2 Å². The molecule has 4 nitrogen and oxygen atoms in total. The first kappa shape index (κ1) is 12.2. The minimum Gasteiger partial charge on any atom is -0.307 e. The van der Waals surface area contributed by atoms with Crippen LogP contribution in [-0.4, -0.2) is 9.97 Å². The third-order valence-corrected chi connectivity index (χ3v) is 2.26. The van der Waals surface area contributed by atoms with E-state index in [9.17, 15) is 22.8 Å². The number of aromatic nitrogens is 2. The van der Waals surface area contributed by atoms with Crippen molar-refractivity contribution in [2.45, 2.75) is 6.18 Å². The molecule has 2 aromatic rings. The van der Waals surface area contributed by atoms with Crippen LogP contribution < -0.4 is 11.2 Å². The zero-order valence-electron chi connectivity index (χ0n) is 8.84. The fourth-order valence-electron chi connectivity index (χ4n) is 1.49. The quantitative estimate of drug-likeness (QED) is 0.816. The minimum absolute atomic E-state index is 0.0369. The lowest BCUT2D eigenvalue weighted by atomic mass is 10.1. The summed E-state index contributed by atoms with van der Waals surface area (Å²) < 4.78 is 37.5. The molecule has 0 saturated heterocycles. The average molecular weight is 256 g/mol. The highest BCUT2D eigenvalue weighted by Crippen LogP contribution is 2.31. The molecular weight excluding hydrogens is 249 g/mol. The van der Waals surface area contributed by atoms with Crippen molar-refractivity contribution >= 4 is 0 Å². The van der Waals surface area contributed by atoms with Crippen molar-refractivity contribution in [3.8, 4) is 11.3 Å². The molecule has 2 N–H and O–H groups in total. The first-order chi connectivity index (χ1) is 8.36. The number of alkyl halides is 3. The lowest BCUT2D eigenvalue weighted by molar-refractivity contribution is -0.137. The zero-order valence-corrected chi connectivity index (χ0v) is 8.84. The molecule has 0 amide bonds. The maximum absolute atomic E-state index is 12.5. The number of hydrogen-bond acceptors (Lipinski definition) is 2. The number of aromatic amines is 2. The Morgan fingerprint density at radius 3 is 2.33 bits per heavy atom. The molecule has 7 heteroatoms. The van der Waals surface area contributed by atoms with E-state index in [4.69, 9.17) is 0 Å². The fraction of sp³-hybridized carbons (Fsp3) is 0.0909. The van der Waals surface area contributed by atoms with E-state index in [1.165, 1.54) is 12.1 Å². The van der Waals surface area contributed by atoms with E-state index in [0.29, 0.717) is 0 Å². The van der Waals surface area contributed by atoms with Gasteiger partial charge in [0.25, 0.3) is 5.56 Å². The van der Waals surface area contributed by atoms with Gasteiger partial charge in [0.05, 0.1) is 11.3 Å². The van der Waals surface area contributed by atoms with Gasteiger partial charge in [0.2, 0.25) is 0 Å². The van der Waals surface area contributed by atoms with Crippen LogP contribution in [0.15, 0.2) is 39.9 Å². The van der Waals surface area contributed by atoms with Gasteiger partial charge in [0, 0.05) is 6.07 Å². The summed E-state index contributed by atoms with van der Waals surface area (Å²) in [4.78, 5) is 26.3. The normalized spacial score (nSPS) is 11.5. The molecule has 18 heavy (non-hydrogen) atoms. The Labute approximate surface area is 98.1 Å². The van der Waals surface area contributed by atoms with Crippen LogP contribution in [0.5, 0.6) is 0 Å². The predicted molar refractivity (Wildman–Crippen MR) is 58.1 cm³/mol. The monoisotopic (exact) mass is 256 g/mol. The van der Waals surface area contributed by atoms with Gasteiger partial charge in [0.1, 0.15) is 0 Å². The molecule has 94 valence electrons. The molecule has 0 radical (unpaired) electrons. The Morgan fingerprint density at radius 2 is 1.72 bits per heavy atom. The molecule has 1 heterocycles. The van der Waals surface area contributed by atoms with Crippen LogP contribution in [-0.2, 0) is 6.18 Å². The summed E-state index contributed by atoms with van der Waals surface area (Å²) in [5, 5.41) is 0. The van der Waals surface area contributed by atoms with Crippen molar-refractivity contribution in [1.82, 2.24) is 9.97 Å². The van der Waals surface area contributed by atoms with Crippen LogP contribution in [0.25, 0.3) is 11.3 Å². The van der Waals surface area contributed by atoms with Crippen LogP contribution in [0, 0.1) is 0 Å². The molecule has 0 atom stereocenters. The number of halogens is 3. The van der Waals surface area contributed by atoms with E-state index in [-0.39, 0.29) is 11.3 Å². The van der Waals surface area contributed by atoms with Gasteiger partial charge in [-0.25, -0.2) is 4.79 Å². The van der Waals surface area contributed by atoms with Gasteiger partial charge in [0.15, 0.2) is 0 Å². The largest absolute Gasteiger partial charge is 0.416 e. The highest BCUT2D eigenvalue weighted by molar-refractivity contribution is 5.59. The van der Waals surface area contributed by atoms with Crippen LogP contribution in [0.1, 0.15) is 5.56 Å². The summed E-state index contributed by atoms with van der Waals surface area (Å²) in [5.41, 5.74) is -2.13. The first-order valence-corrected chi connectivity index (χ1v) is 4.87. The predicted octanol–water partition coefficient (Wildman–Crippen LogP) is 1.75. The summed E-state index contributed by atoms with van der Waals surface area (Å²) in [6, 6.07) is 5.38. The fourth-order valence-corrected chi connectivity index (χ4v) is 1.49. The summed E-state index contributed by atoms with van der Waals surface area (Å²) in [5.74, 6) is 0. The Morgan fingerprint density at radius 1 is 1.00 bits per heavy atom. The van der Waals surface area contributed by atoms with Crippen LogP contribution in [0.3, 0.4) is 0 Å². The second kappa shape index (κ2) is 4.17. The Kier molecular flexibility index (Phi) is 2.82. The summed E-state index contributed by atoms with van der Waals surface area (Å²) >= 11 is 0. The van der Waals surface area contributed by atoms with Crippen molar-refractivity contribution in [2.75, 3.05) is 0 Å². The summed E-state index contributed by atoms with van der Waals surface area (Å²) in [6.07, 6.45) is -4.47. The highest BCUT2D eigenvalue weighted by atomic mass is 19.4. The molecule has 1 aromatic carbocycles. The van der Waals surface area contributed by atoms with E-state index in [1.807, 2.05) is 4.98 Å². The van der Waals surface area contributed by atoms with Crippen molar-refractivity contribution in [3.05, 3.63) is 56.7 Å². The minimum atomic E-state index is -4.47. The van der Waals surface area contributed by atoms with Crippen molar-refractivity contribution in [1.29, 1.82) is 0 Å². The van der Waals surface area contributed by atoms with E-state index in [1.54, 1.807) is 0 Å². The van der Waals surface area contributed by atoms with Gasteiger partial charge in [-0.15, -0.1) is 0 Å². The van der Waals surface area contributed by atoms with Crippen LogP contribution >= 0.6 is 0 Å². The highest BCUT2D eigenvalue weighted by Gasteiger charge is 2.30. The van der Waals surface area contributed by atoms with Crippen LogP contribution in [0.2, 0.25) is 0 Å². The Hall–Kier alpha value is -2.31. The second-order valence-corrected chi connectivity index (χ2v) is 3.58. The zero-order chi connectivity index (χ0) is 13.3. The number of hydrogen-bond donors (Lipinski definition) is 2. The van der Waals surface area contributed by atoms with Gasteiger partial charge < -0.3 is 4.98 Å². The van der Waals surface area contributed by atoms with Crippen molar-refractivity contribution in [2.24, 2.45) is 0 Å². The van der Waals surface area contributed by atoms with Gasteiger partial charge >= 0.3 is 11.9 Å². The molecule has 0 aliphatic rings. The molecule has 0 unspecified atom stereocenters. The second-order valence-electron chi connectivity index (χ2n) is 3.58. The van der Waals surface area contributed by atoms with E-state index >= 15 is 0 Å². The molecule has 1 aromatic heterocycles. The summed E-state index contributed by atoms with van der Waals surface area (Å²) in [6.45, 7) is 0. The van der Waals surface area contributed by atoms with E-state index < -0.39 is 23.0 Å². The molecule has 0 saturated carbocycles. The average Bonchev–Trinajstić information content (AvgIpc) is 2.27. The number of nitrogens with one attached hydrogen (secondary N) is 2. The Bertz CT molecular complexity index is 657. The first-order valence-electron chi connectivity index (χ1n) is 4.87. The molecule has 2 rings (SSSR count). The molecule has 0 fully saturated rings. The van der Waals surface area contributed by atoms with E-state index in [0.717, 1.165) is 18.2 Å². The molecular formula is C11H7F3N2O2. The lowest BCUT2D eigenvalue weighted by Crippen LogP contribution is -2.21. The summed E-state index contributed by atoms with van der Waals surface area (Å²) in [7, 11) is 0. The Balaban J connectivity index is 2.58. The third-order valence-electron chi connectivity index (χ3n) is 2.26. The van der Waals surface area contributed by atoms with Gasteiger partial charge in [-0.1, -0.05) is 12.1 Å². The SMILES string of the molecule is O=c1cc(-c2cccc(C(F)(F)F)c2)[nH]c(=O)[nH]1. The third kappa shape index (κ3) is 2.50.